The summed E-state index contributed by atoms with van der Waals surface area (Å²) in [7, 11) is 0. The van der Waals surface area contributed by atoms with E-state index in [0.717, 1.165) is 28.5 Å². The van der Waals surface area contributed by atoms with Gasteiger partial charge < -0.3 is 14.8 Å². The van der Waals surface area contributed by atoms with Crippen LogP contribution in [-0.4, -0.2) is 58.7 Å². The van der Waals surface area contributed by atoms with Crippen molar-refractivity contribution in [1.82, 2.24) is 29.0 Å². The molecular weight excluding hydrogens is 611 g/mol. The Morgan fingerprint density at radius 2 is 1.83 bits per heavy atom. The number of halogens is 3. The molecule has 1 aromatic carbocycles. The van der Waals surface area contributed by atoms with Gasteiger partial charge in [0.05, 0.1) is 12.6 Å². The molecule has 13 heteroatoms. The van der Waals surface area contributed by atoms with Gasteiger partial charge in [-0.15, -0.1) is 0 Å². The molecule has 2 fully saturated rings. The van der Waals surface area contributed by atoms with Crippen molar-refractivity contribution in [2.75, 3.05) is 5.32 Å². The van der Waals surface area contributed by atoms with E-state index in [1.807, 2.05) is 45.2 Å². The number of carbonyl (C=O) groups is 3. The Labute approximate surface area is 269 Å². The van der Waals surface area contributed by atoms with Gasteiger partial charge in [-0.05, 0) is 80.8 Å². The monoisotopic (exact) mass is 644 g/mol. The quantitative estimate of drug-likeness (QED) is 0.230. The van der Waals surface area contributed by atoms with E-state index in [1.54, 1.807) is 21.5 Å². The fraction of sp³-hybridized carbons (Fsp3) is 0.353. The van der Waals surface area contributed by atoms with Crippen LogP contribution in [0.25, 0.3) is 27.7 Å². The van der Waals surface area contributed by atoms with Crippen molar-refractivity contribution in [2.45, 2.75) is 72.2 Å². The van der Waals surface area contributed by atoms with Gasteiger partial charge >= 0.3 is 6.18 Å². The van der Waals surface area contributed by atoms with Crippen LogP contribution in [0.2, 0.25) is 0 Å². The van der Waals surface area contributed by atoms with Crippen LogP contribution in [0.1, 0.15) is 60.9 Å². The lowest BCUT2D eigenvalue weighted by atomic mass is 10.0. The highest BCUT2D eigenvalue weighted by Gasteiger charge is 2.64. The third-order valence-corrected chi connectivity index (χ3v) is 9.19. The number of carbonyl (C=O) groups excluding carboxylic acids is 3. The maximum atomic E-state index is 14.1. The van der Waals surface area contributed by atoms with Crippen LogP contribution in [0.4, 0.5) is 19.0 Å². The number of Topliss-reactive ketones (excluding diaryl/α,β-unsaturated/α-hetero) is 1. The van der Waals surface area contributed by atoms with Gasteiger partial charge in [-0.25, -0.2) is 14.5 Å². The minimum Gasteiger partial charge on any atom is -0.337 e. The molecule has 1 saturated carbocycles. The molecule has 5 aromatic rings. The molecule has 47 heavy (non-hydrogen) atoms. The average Bonchev–Trinajstić information content (AvgIpc) is 3.30. The standard InChI is InChI=1S/C34H32F3N7O3/c1-17-6-7-26(34(35,36)37)39-31(17)40-32(47)25-11-33(5)12-27(33)44(25)29(46)16-42-15-24(20(4)45)23-10-21(8-18(2)30(23)42)22-13-38-28-9-19(3)41-43(28)14-22/h6-10,13-15,25,27H,11-12,16H2,1-5H3,(H,39,40,47)/t25-,27+,33-/m0/s1/i27D. The minimum absolute atomic E-state index is 0.174. The Bertz CT molecular complexity index is 2210. The van der Waals surface area contributed by atoms with E-state index in [-0.39, 0.29) is 24.6 Å². The summed E-state index contributed by atoms with van der Waals surface area (Å²) >= 11 is 0. The second-order valence-electron chi connectivity index (χ2n) is 12.9. The van der Waals surface area contributed by atoms with Crippen LogP contribution in [-0.2, 0) is 22.3 Å². The van der Waals surface area contributed by atoms with Crippen molar-refractivity contribution in [2.24, 2.45) is 5.41 Å². The maximum absolute atomic E-state index is 14.1. The molecular formula is C34H32F3N7O3. The molecule has 1 aliphatic heterocycles. The van der Waals surface area contributed by atoms with Gasteiger partial charge in [-0.3, -0.25) is 14.4 Å². The molecule has 2 aliphatic rings. The van der Waals surface area contributed by atoms with Crippen molar-refractivity contribution in [3.05, 3.63) is 77.0 Å². The van der Waals surface area contributed by atoms with Crippen LogP contribution >= 0.6 is 0 Å². The van der Waals surface area contributed by atoms with E-state index >= 15 is 0 Å². The predicted molar refractivity (Wildman–Crippen MR) is 168 cm³/mol. The number of fused-ring (bicyclic) bond motifs is 3. The molecule has 4 aromatic heterocycles. The highest BCUT2D eigenvalue weighted by molar-refractivity contribution is 6.09. The average molecular weight is 645 g/mol. The fourth-order valence-electron chi connectivity index (χ4n) is 6.74. The molecule has 0 unspecified atom stereocenters. The molecule has 7 rings (SSSR count). The first-order chi connectivity index (χ1) is 22.5. The second-order valence-corrected chi connectivity index (χ2v) is 12.9. The van der Waals surface area contributed by atoms with Gasteiger partial charge in [0, 0.05) is 47.2 Å². The van der Waals surface area contributed by atoms with E-state index in [9.17, 15) is 27.6 Å². The molecule has 0 radical (unpaired) electrons. The number of nitrogens with one attached hydrogen (secondary N) is 1. The van der Waals surface area contributed by atoms with E-state index in [2.05, 4.69) is 20.4 Å². The number of nitrogens with zero attached hydrogens (tertiary/aromatic N) is 6. The lowest BCUT2D eigenvalue weighted by Crippen LogP contribution is -2.46. The van der Waals surface area contributed by atoms with Crippen molar-refractivity contribution in [1.29, 1.82) is 0 Å². The SMILES string of the molecule is [2H][C@@]12C[C@]1(C)C[C@@H](C(=O)Nc1nc(C(F)(F)F)ccc1C)N2C(=O)Cn1cc(C(C)=O)c2cc(-c3cnc4cc(C)nn4c3)cc(C)c21. The lowest BCUT2D eigenvalue weighted by Gasteiger charge is -2.27. The van der Waals surface area contributed by atoms with E-state index in [0.29, 0.717) is 34.1 Å². The molecule has 10 nitrogen and oxygen atoms in total. The number of anilines is 1. The first kappa shape index (κ1) is 29.3. The summed E-state index contributed by atoms with van der Waals surface area (Å²) in [6, 6.07) is 5.28. The number of piperidine rings is 1. The number of pyridine rings is 1. The smallest absolute Gasteiger partial charge is 0.337 e. The van der Waals surface area contributed by atoms with Gasteiger partial charge in [0.25, 0.3) is 0 Å². The summed E-state index contributed by atoms with van der Waals surface area (Å²) in [6.07, 6.45) is 1.04. The summed E-state index contributed by atoms with van der Waals surface area (Å²) < 4.78 is 52.5. The summed E-state index contributed by atoms with van der Waals surface area (Å²) in [5.41, 5.74) is 3.50. The second kappa shape index (κ2) is 10.5. The summed E-state index contributed by atoms with van der Waals surface area (Å²) in [5, 5.41) is 7.58. The number of amides is 2. The zero-order chi connectivity index (χ0) is 34.5. The van der Waals surface area contributed by atoms with Crippen LogP contribution in [0.15, 0.2) is 48.9 Å². The van der Waals surface area contributed by atoms with Crippen molar-refractivity contribution < 1.29 is 28.9 Å². The largest absolute Gasteiger partial charge is 0.433 e. The Hall–Kier alpha value is -5.07. The molecule has 0 spiro atoms. The number of hydrogen-bond donors (Lipinski definition) is 1. The summed E-state index contributed by atoms with van der Waals surface area (Å²) in [4.78, 5) is 49.9. The normalized spacial score (nSPS) is 22.4. The van der Waals surface area contributed by atoms with Gasteiger partial charge in [0.2, 0.25) is 11.8 Å². The third-order valence-electron chi connectivity index (χ3n) is 9.19. The zero-order valence-corrected chi connectivity index (χ0v) is 26.4. The van der Waals surface area contributed by atoms with Gasteiger partial charge in [-0.1, -0.05) is 13.0 Å². The molecule has 242 valence electrons. The number of alkyl halides is 3. The van der Waals surface area contributed by atoms with Gasteiger partial charge in [-0.2, -0.15) is 18.3 Å². The molecule has 2 amide bonds. The van der Waals surface area contributed by atoms with Gasteiger partial charge in [0.15, 0.2) is 11.4 Å². The maximum Gasteiger partial charge on any atom is 0.433 e. The Morgan fingerprint density at radius 1 is 1.06 bits per heavy atom. The number of hydrogen-bond acceptors (Lipinski definition) is 6. The van der Waals surface area contributed by atoms with Crippen LogP contribution in [0.5, 0.6) is 0 Å². The Kier molecular flexibility index (Phi) is 6.54. The number of rotatable bonds is 6. The third kappa shape index (κ3) is 5.23. The highest BCUT2D eigenvalue weighted by Crippen LogP contribution is 2.59. The topological polar surface area (TPSA) is 114 Å². The number of aromatic nitrogens is 5. The van der Waals surface area contributed by atoms with Crippen molar-refractivity contribution >= 4 is 40.0 Å². The Balaban J connectivity index is 1.22. The number of likely N-dealkylation sites (tertiary alicyclic amines) is 1. The molecule has 3 atom stereocenters. The van der Waals surface area contributed by atoms with Crippen molar-refractivity contribution in [3.63, 3.8) is 0 Å². The highest BCUT2D eigenvalue weighted by atomic mass is 19.4. The first-order valence-electron chi connectivity index (χ1n) is 15.6. The predicted octanol–water partition coefficient (Wildman–Crippen LogP) is 5.91. The van der Waals surface area contributed by atoms with E-state index < -0.39 is 41.2 Å². The molecule has 0 bridgehead atoms. The van der Waals surface area contributed by atoms with E-state index in [1.165, 1.54) is 24.8 Å². The van der Waals surface area contributed by atoms with Crippen LogP contribution in [0, 0.1) is 26.2 Å². The van der Waals surface area contributed by atoms with Crippen LogP contribution < -0.4 is 5.32 Å². The molecule has 1 N–H and O–H groups in total. The van der Waals surface area contributed by atoms with Crippen molar-refractivity contribution in [3.8, 4) is 11.1 Å². The van der Waals surface area contributed by atoms with Crippen LogP contribution in [0.3, 0.4) is 0 Å². The number of aryl methyl sites for hydroxylation is 3. The van der Waals surface area contributed by atoms with E-state index in [4.69, 9.17) is 1.37 Å². The fourth-order valence-corrected chi connectivity index (χ4v) is 6.74. The molecule has 5 heterocycles. The Morgan fingerprint density at radius 3 is 2.55 bits per heavy atom. The minimum atomic E-state index is -4.70. The molecule has 1 saturated heterocycles. The number of benzene rings is 1. The zero-order valence-electron chi connectivity index (χ0n) is 27.4. The summed E-state index contributed by atoms with van der Waals surface area (Å²) in [6.45, 7) is 8.29. The lowest BCUT2D eigenvalue weighted by molar-refractivity contribution is -0.141. The summed E-state index contributed by atoms with van der Waals surface area (Å²) in [5.74, 6) is -1.68. The molecule has 1 aliphatic carbocycles. The first-order valence-corrected chi connectivity index (χ1v) is 15.1. The number of ketones is 1. The van der Waals surface area contributed by atoms with Gasteiger partial charge in [0.1, 0.15) is 24.1 Å².